The van der Waals surface area contributed by atoms with Gasteiger partial charge < -0.3 is 5.32 Å². The molecule has 0 aliphatic rings. The largest absolute Gasteiger partial charge is 0.316 e. The molecule has 2 N–H and O–H groups in total. The van der Waals surface area contributed by atoms with E-state index in [-0.39, 0.29) is 22.7 Å². The standard InChI is InChI=1S/C8H15N3O2S2.ClH/c1-6(9-3)4-11-15(12,13)8-5-10-7(2)14-8;/h5-6,9,11H,4H2,1-3H3;1H. The van der Waals surface area contributed by atoms with Crippen LogP contribution in [0.5, 0.6) is 0 Å². The van der Waals surface area contributed by atoms with Crippen molar-refractivity contribution in [2.75, 3.05) is 13.6 Å². The maximum absolute atomic E-state index is 11.7. The van der Waals surface area contributed by atoms with Gasteiger partial charge in [-0.1, -0.05) is 0 Å². The molecular formula is C8H16ClN3O2S2. The molecule has 0 bridgehead atoms. The fourth-order valence-electron chi connectivity index (χ4n) is 0.874. The molecule has 8 heteroatoms. The van der Waals surface area contributed by atoms with Crippen molar-refractivity contribution in [2.45, 2.75) is 24.1 Å². The lowest BCUT2D eigenvalue weighted by molar-refractivity contribution is 0.555. The summed E-state index contributed by atoms with van der Waals surface area (Å²) < 4.78 is 26.2. The van der Waals surface area contributed by atoms with Crippen LogP contribution in [-0.4, -0.2) is 33.0 Å². The Hall–Kier alpha value is -0.210. The van der Waals surface area contributed by atoms with Gasteiger partial charge in [0, 0.05) is 12.6 Å². The quantitative estimate of drug-likeness (QED) is 0.838. The first-order valence-electron chi connectivity index (χ1n) is 4.55. The molecule has 1 unspecified atom stereocenters. The number of aromatic nitrogens is 1. The Bertz CT molecular complexity index is 419. The van der Waals surface area contributed by atoms with Crippen molar-refractivity contribution in [3.05, 3.63) is 11.2 Å². The fourth-order valence-corrected chi connectivity index (χ4v) is 3.16. The monoisotopic (exact) mass is 285 g/mol. The van der Waals surface area contributed by atoms with Gasteiger partial charge in [-0.3, -0.25) is 0 Å². The molecule has 0 saturated carbocycles. The van der Waals surface area contributed by atoms with E-state index in [0.29, 0.717) is 6.54 Å². The molecule has 0 aliphatic carbocycles. The van der Waals surface area contributed by atoms with Crippen LogP contribution in [0.15, 0.2) is 10.4 Å². The molecule has 1 aromatic rings. The van der Waals surface area contributed by atoms with Gasteiger partial charge >= 0.3 is 0 Å². The van der Waals surface area contributed by atoms with Crippen LogP contribution in [0.2, 0.25) is 0 Å². The van der Waals surface area contributed by atoms with Crippen molar-refractivity contribution in [1.82, 2.24) is 15.0 Å². The number of rotatable bonds is 5. The maximum Gasteiger partial charge on any atom is 0.251 e. The van der Waals surface area contributed by atoms with Gasteiger partial charge in [0.25, 0.3) is 10.0 Å². The summed E-state index contributed by atoms with van der Waals surface area (Å²) in [6.45, 7) is 4.05. The molecular weight excluding hydrogens is 270 g/mol. The summed E-state index contributed by atoms with van der Waals surface area (Å²) >= 11 is 1.17. The van der Waals surface area contributed by atoms with E-state index in [2.05, 4.69) is 15.0 Å². The zero-order valence-corrected chi connectivity index (χ0v) is 11.8. The molecule has 94 valence electrons. The van der Waals surface area contributed by atoms with Crippen LogP contribution in [0.3, 0.4) is 0 Å². The van der Waals surface area contributed by atoms with Crippen molar-refractivity contribution < 1.29 is 8.42 Å². The lowest BCUT2D eigenvalue weighted by Crippen LogP contribution is -2.36. The first-order valence-corrected chi connectivity index (χ1v) is 6.85. The summed E-state index contributed by atoms with van der Waals surface area (Å²) in [6, 6.07) is 0.105. The van der Waals surface area contributed by atoms with Crippen LogP contribution in [0, 0.1) is 6.92 Å². The number of nitrogens with zero attached hydrogens (tertiary/aromatic N) is 1. The van der Waals surface area contributed by atoms with Crippen LogP contribution in [0.25, 0.3) is 0 Å². The summed E-state index contributed by atoms with van der Waals surface area (Å²) in [5, 5.41) is 3.70. The summed E-state index contributed by atoms with van der Waals surface area (Å²) in [6.07, 6.45) is 1.38. The van der Waals surface area contributed by atoms with Gasteiger partial charge in [0.1, 0.15) is 0 Å². The first-order chi connectivity index (χ1) is 6.95. The number of nitrogens with one attached hydrogen (secondary N) is 2. The molecule has 16 heavy (non-hydrogen) atoms. The molecule has 0 amide bonds. The van der Waals surface area contributed by atoms with Crippen molar-refractivity contribution in [3.8, 4) is 0 Å². The van der Waals surface area contributed by atoms with E-state index in [1.165, 1.54) is 17.5 Å². The predicted molar refractivity (Wildman–Crippen MR) is 67.8 cm³/mol. The molecule has 0 fully saturated rings. The minimum atomic E-state index is -3.38. The van der Waals surface area contributed by atoms with E-state index in [4.69, 9.17) is 0 Å². The molecule has 0 aliphatic heterocycles. The molecule has 0 spiro atoms. The van der Waals surface area contributed by atoms with Gasteiger partial charge in [0.2, 0.25) is 0 Å². The van der Waals surface area contributed by atoms with Gasteiger partial charge in [-0.05, 0) is 20.9 Å². The summed E-state index contributed by atoms with van der Waals surface area (Å²) in [5.41, 5.74) is 0. The molecule has 1 atom stereocenters. The SMILES string of the molecule is CNC(C)CNS(=O)(=O)c1cnc(C)s1.Cl. The van der Waals surface area contributed by atoms with Crippen LogP contribution < -0.4 is 10.0 Å². The number of aryl methyl sites for hydroxylation is 1. The summed E-state index contributed by atoms with van der Waals surface area (Å²) in [7, 11) is -1.59. The Morgan fingerprint density at radius 2 is 2.19 bits per heavy atom. The van der Waals surface area contributed by atoms with Gasteiger partial charge in [-0.15, -0.1) is 23.7 Å². The van der Waals surface area contributed by atoms with Crippen molar-refractivity contribution in [1.29, 1.82) is 0 Å². The van der Waals surface area contributed by atoms with Gasteiger partial charge in [-0.2, -0.15) is 0 Å². The van der Waals surface area contributed by atoms with E-state index in [1.807, 2.05) is 6.92 Å². The summed E-state index contributed by atoms with van der Waals surface area (Å²) in [4.78, 5) is 3.91. The number of hydrogen-bond acceptors (Lipinski definition) is 5. The average Bonchev–Trinajstić information content (AvgIpc) is 2.62. The Kier molecular flexibility index (Phi) is 6.42. The molecule has 5 nitrogen and oxygen atoms in total. The van der Waals surface area contributed by atoms with E-state index < -0.39 is 10.0 Å². The van der Waals surface area contributed by atoms with Gasteiger partial charge in [-0.25, -0.2) is 18.1 Å². The number of halogens is 1. The van der Waals surface area contributed by atoms with E-state index in [0.717, 1.165) is 5.01 Å². The smallest absolute Gasteiger partial charge is 0.251 e. The third-order valence-corrected chi connectivity index (χ3v) is 4.73. The summed E-state index contributed by atoms with van der Waals surface area (Å²) in [5.74, 6) is 0. The fraction of sp³-hybridized carbons (Fsp3) is 0.625. The van der Waals surface area contributed by atoms with E-state index in [1.54, 1.807) is 14.0 Å². The normalized spacial score (nSPS) is 13.2. The number of sulfonamides is 1. The second kappa shape index (κ2) is 6.51. The molecule has 0 saturated heterocycles. The molecule has 1 heterocycles. The molecule has 0 aromatic carbocycles. The third kappa shape index (κ3) is 4.34. The van der Waals surface area contributed by atoms with Gasteiger partial charge in [0.05, 0.1) is 11.2 Å². The Balaban J connectivity index is 0.00000225. The lowest BCUT2D eigenvalue weighted by Gasteiger charge is -2.10. The highest BCUT2D eigenvalue weighted by Gasteiger charge is 2.17. The highest BCUT2D eigenvalue weighted by atomic mass is 35.5. The maximum atomic E-state index is 11.7. The lowest BCUT2D eigenvalue weighted by atomic mass is 10.4. The second-order valence-electron chi connectivity index (χ2n) is 3.24. The third-order valence-electron chi connectivity index (χ3n) is 1.94. The molecule has 0 radical (unpaired) electrons. The van der Waals surface area contributed by atoms with Crippen LogP contribution in [0.1, 0.15) is 11.9 Å². The number of hydrogen-bond donors (Lipinski definition) is 2. The van der Waals surface area contributed by atoms with Crippen molar-refractivity contribution >= 4 is 33.8 Å². The van der Waals surface area contributed by atoms with Gasteiger partial charge in [0.15, 0.2) is 4.21 Å². The van der Waals surface area contributed by atoms with Crippen LogP contribution in [-0.2, 0) is 10.0 Å². The highest BCUT2D eigenvalue weighted by Crippen LogP contribution is 2.17. The Morgan fingerprint density at radius 1 is 1.56 bits per heavy atom. The first kappa shape index (κ1) is 15.8. The Labute approximate surface area is 106 Å². The molecule has 1 rings (SSSR count). The van der Waals surface area contributed by atoms with Crippen molar-refractivity contribution in [2.24, 2.45) is 0 Å². The van der Waals surface area contributed by atoms with Crippen molar-refractivity contribution in [3.63, 3.8) is 0 Å². The van der Waals surface area contributed by atoms with E-state index >= 15 is 0 Å². The number of likely N-dealkylation sites (N-methyl/N-ethyl adjacent to an activating group) is 1. The zero-order valence-electron chi connectivity index (χ0n) is 9.35. The minimum absolute atomic E-state index is 0. The Morgan fingerprint density at radius 3 is 2.62 bits per heavy atom. The predicted octanol–water partition coefficient (Wildman–Crippen LogP) is 0.760. The topological polar surface area (TPSA) is 71.1 Å². The number of thiazole rings is 1. The highest BCUT2D eigenvalue weighted by molar-refractivity contribution is 7.91. The second-order valence-corrected chi connectivity index (χ2v) is 6.47. The van der Waals surface area contributed by atoms with E-state index in [9.17, 15) is 8.42 Å². The average molecular weight is 286 g/mol. The zero-order chi connectivity index (χ0) is 11.5. The van der Waals surface area contributed by atoms with Crippen LogP contribution in [0.4, 0.5) is 0 Å². The van der Waals surface area contributed by atoms with Crippen LogP contribution >= 0.6 is 23.7 Å². The minimum Gasteiger partial charge on any atom is -0.316 e. The molecule has 1 aromatic heterocycles.